The molecule has 0 atom stereocenters. The van der Waals surface area contributed by atoms with E-state index in [-0.39, 0.29) is 0 Å². The van der Waals surface area contributed by atoms with Gasteiger partial charge in [0.05, 0.1) is 27.8 Å². The summed E-state index contributed by atoms with van der Waals surface area (Å²) in [5.74, 6) is 0. The monoisotopic (exact) mass is 652 g/mol. The van der Waals surface area contributed by atoms with Crippen molar-refractivity contribution in [2.24, 2.45) is 0 Å². The lowest BCUT2D eigenvalue weighted by molar-refractivity contribution is 0.668. The third kappa shape index (κ3) is 4.09. The number of benzene rings is 6. The lowest BCUT2D eigenvalue weighted by Gasteiger charge is -2.11. The van der Waals surface area contributed by atoms with Gasteiger partial charge in [0, 0.05) is 55.8 Å². The average Bonchev–Trinajstić information content (AvgIpc) is 3.86. The fourth-order valence-corrected chi connectivity index (χ4v) is 7.97. The van der Waals surface area contributed by atoms with Gasteiger partial charge in [0.15, 0.2) is 11.2 Å². The first-order chi connectivity index (χ1) is 25.3. The number of para-hydroxylation sites is 5. The van der Waals surface area contributed by atoms with E-state index >= 15 is 0 Å². The third-order valence-electron chi connectivity index (χ3n) is 10.2. The van der Waals surface area contributed by atoms with Crippen molar-refractivity contribution >= 4 is 65.8 Å². The average molecular weight is 653 g/mol. The Hall–Kier alpha value is -6.98. The van der Waals surface area contributed by atoms with Crippen molar-refractivity contribution in [1.82, 2.24) is 19.1 Å². The van der Waals surface area contributed by atoms with Crippen LogP contribution in [-0.2, 0) is 0 Å². The Morgan fingerprint density at radius 2 is 1.10 bits per heavy atom. The number of rotatable bonds is 4. The maximum Gasteiger partial charge on any atom is 0.163 e. The minimum atomic E-state index is 0.712. The molecule has 11 rings (SSSR count). The second-order valence-electron chi connectivity index (χ2n) is 13.0. The van der Waals surface area contributed by atoms with Crippen molar-refractivity contribution < 1.29 is 4.42 Å². The van der Waals surface area contributed by atoms with Crippen LogP contribution in [0.15, 0.2) is 174 Å². The molecule has 0 unspecified atom stereocenters. The number of pyridine rings is 2. The zero-order valence-electron chi connectivity index (χ0n) is 27.4. The molecule has 5 aromatic heterocycles. The van der Waals surface area contributed by atoms with Gasteiger partial charge in [-0.25, -0.2) is 4.98 Å². The lowest BCUT2D eigenvalue weighted by Crippen LogP contribution is -1.95. The Kier molecular flexibility index (Phi) is 5.89. The summed E-state index contributed by atoms with van der Waals surface area (Å²) in [6.07, 6.45) is 1.87. The highest BCUT2D eigenvalue weighted by molar-refractivity contribution is 6.16. The van der Waals surface area contributed by atoms with Crippen LogP contribution < -0.4 is 0 Å². The molecule has 0 N–H and O–H groups in total. The first-order valence-electron chi connectivity index (χ1n) is 17.2. The fraction of sp³-hybridized carbons (Fsp3) is 0. The van der Waals surface area contributed by atoms with Gasteiger partial charge < -0.3 is 13.6 Å². The Morgan fingerprint density at radius 3 is 1.88 bits per heavy atom. The minimum absolute atomic E-state index is 0.712. The van der Waals surface area contributed by atoms with Gasteiger partial charge in [-0.3, -0.25) is 4.98 Å². The normalized spacial score (nSPS) is 11.9. The zero-order valence-corrected chi connectivity index (χ0v) is 27.4. The molecular formula is C46H28N4O. The predicted molar refractivity (Wildman–Crippen MR) is 209 cm³/mol. The van der Waals surface area contributed by atoms with E-state index in [9.17, 15) is 0 Å². The van der Waals surface area contributed by atoms with Crippen molar-refractivity contribution in [3.05, 3.63) is 170 Å². The van der Waals surface area contributed by atoms with Gasteiger partial charge in [0.1, 0.15) is 11.0 Å². The van der Waals surface area contributed by atoms with Gasteiger partial charge in [-0.05, 0) is 60.7 Å². The van der Waals surface area contributed by atoms with Crippen LogP contribution in [0, 0.1) is 0 Å². The molecule has 6 aromatic carbocycles. The summed E-state index contributed by atoms with van der Waals surface area (Å²) in [6, 6.07) is 57.6. The van der Waals surface area contributed by atoms with Crippen molar-refractivity contribution in [2.75, 3.05) is 0 Å². The van der Waals surface area contributed by atoms with E-state index < -0.39 is 0 Å². The number of hydrogen-bond acceptors (Lipinski definition) is 3. The van der Waals surface area contributed by atoms with Crippen LogP contribution in [0.4, 0.5) is 0 Å². The Balaban J connectivity index is 1.12. The molecule has 0 radical (unpaired) electrons. The molecule has 11 aromatic rings. The predicted octanol–water partition coefficient (Wildman–Crippen LogP) is 11.9. The van der Waals surface area contributed by atoms with Crippen molar-refractivity contribution in [3.8, 4) is 33.8 Å². The first-order valence-corrected chi connectivity index (χ1v) is 17.2. The molecule has 0 amide bonds. The summed E-state index contributed by atoms with van der Waals surface area (Å²) in [7, 11) is 0. The maximum absolute atomic E-state index is 6.65. The highest BCUT2D eigenvalue weighted by Crippen LogP contribution is 2.42. The summed E-state index contributed by atoms with van der Waals surface area (Å²) in [6.45, 7) is 0. The number of nitrogens with zero attached hydrogens (tertiary/aromatic N) is 4. The van der Waals surface area contributed by atoms with Crippen molar-refractivity contribution in [2.45, 2.75) is 0 Å². The molecular weight excluding hydrogens is 625 g/mol. The van der Waals surface area contributed by atoms with Gasteiger partial charge in [-0.1, -0.05) is 103 Å². The highest BCUT2D eigenvalue weighted by Gasteiger charge is 2.21. The van der Waals surface area contributed by atoms with Crippen LogP contribution in [0.1, 0.15) is 0 Å². The summed E-state index contributed by atoms with van der Waals surface area (Å²) in [5.41, 5.74) is 13.8. The second kappa shape index (κ2) is 10.8. The topological polar surface area (TPSA) is 48.8 Å². The molecule has 0 aliphatic heterocycles. The fourth-order valence-electron chi connectivity index (χ4n) is 7.97. The van der Waals surface area contributed by atoms with Crippen molar-refractivity contribution in [3.63, 3.8) is 0 Å². The summed E-state index contributed by atoms with van der Waals surface area (Å²) >= 11 is 0. The van der Waals surface area contributed by atoms with E-state index in [4.69, 9.17) is 14.4 Å². The SMILES string of the molecule is c1ccc(-n2c3ccccc3c3ccc(-c4ccc5oc6c(-c7cccc8c9ccccc9n(-c9ccccc9)c78)ccnc6c5n4)cc32)cc1. The number of hydrogen-bond donors (Lipinski definition) is 0. The minimum Gasteiger partial charge on any atom is -0.452 e. The molecule has 238 valence electrons. The van der Waals surface area contributed by atoms with E-state index in [1.165, 1.54) is 27.1 Å². The molecule has 0 aliphatic carbocycles. The van der Waals surface area contributed by atoms with Crippen LogP contribution in [-0.4, -0.2) is 19.1 Å². The Labute approximate surface area is 292 Å². The van der Waals surface area contributed by atoms with Crippen LogP contribution in [0.25, 0.3) is 99.6 Å². The van der Waals surface area contributed by atoms with Gasteiger partial charge in [0.25, 0.3) is 0 Å². The zero-order chi connectivity index (χ0) is 33.5. The molecule has 0 spiro atoms. The smallest absolute Gasteiger partial charge is 0.163 e. The van der Waals surface area contributed by atoms with Gasteiger partial charge in [0.2, 0.25) is 0 Å². The molecule has 5 nitrogen and oxygen atoms in total. The van der Waals surface area contributed by atoms with E-state index in [2.05, 4.69) is 167 Å². The van der Waals surface area contributed by atoms with Crippen LogP contribution in [0.2, 0.25) is 0 Å². The molecule has 5 heteroatoms. The van der Waals surface area contributed by atoms with Gasteiger partial charge in [-0.2, -0.15) is 0 Å². The standard InChI is InChI=1S/C46H28N4O/c1-3-12-30(13-4-1)49-39-20-9-7-16-32(39)34-23-22-29(28-41(34)49)38-24-25-42-43(48-38)44-46(51-42)37(26-27-47-44)36-19-11-18-35-33-17-8-10-21-40(33)50(45(35)36)31-14-5-2-6-15-31/h1-28H. The van der Waals surface area contributed by atoms with E-state index in [0.29, 0.717) is 5.58 Å². The van der Waals surface area contributed by atoms with Crippen molar-refractivity contribution in [1.29, 1.82) is 0 Å². The molecule has 0 saturated carbocycles. The highest BCUT2D eigenvalue weighted by atomic mass is 16.3. The largest absolute Gasteiger partial charge is 0.452 e. The van der Waals surface area contributed by atoms with Crippen LogP contribution in [0.3, 0.4) is 0 Å². The Morgan fingerprint density at radius 1 is 0.451 bits per heavy atom. The van der Waals surface area contributed by atoms with Crippen LogP contribution >= 0.6 is 0 Å². The summed E-state index contributed by atoms with van der Waals surface area (Å²) < 4.78 is 11.3. The summed E-state index contributed by atoms with van der Waals surface area (Å²) in [4.78, 5) is 10.1. The maximum atomic E-state index is 6.65. The lowest BCUT2D eigenvalue weighted by atomic mass is 10.0. The molecule has 51 heavy (non-hydrogen) atoms. The molecule has 0 saturated heterocycles. The molecule has 0 bridgehead atoms. The summed E-state index contributed by atoms with van der Waals surface area (Å²) in [5, 5.41) is 4.84. The van der Waals surface area contributed by atoms with E-state index in [0.717, 1.165) is 66.9 Å². The van der Waals surface area contributed by atoms with Gasteiger partial charge >= 0.3 is 0 Å². The first kappa shape index (κ1) is 27.9. The van der Waals surface area contributed by atoms with E-state index in [1.807, 2.05) is 12.3 Å². The molecule has 5 heterocycles. The number of aromatic nitrogens is 4. The molecule has 0 aliphatic rings. The van der Waals surface area contributed by atoms with Gasteiger partial charge in [-0.15, -0.1) is 0 Å². The van der Waals surface area contributed by atoms with E-state index in [1.54, 1.807) is 0 Å². The third-order valence-corrected chi connectivity index (χ3v) is 10.2. The molecule has 0 fully saturated rings. The number of furan rings is 1. The number of fused-ring (bicyclic) bond motifs is 9. The second-order valence-corrected chi connectivity index (χ2v) is 13.0. The van der Waals surface area contributed by atoms with Crippen LogP contribution in [0.5, 0.6) is 0 Å². The Bertz CT molecular complexity index is 3130. The quantitative estimate of drug-likeness (QED) is 0.190.